The SMILES string of the molecule is CC1CCNC(CCc2ccc(F)cc2Br)C1. The number of benzene rings is 1. The number of halogens is 2. The Hall–Kier alpha value is -0.410. The first kappa shape index (κ1) is 13.0. The van der Waals surface area contributed by atoms with Gasteiger partial charge in [-0.15, -0.1) is 0 Å². The molecule has 0 saturated carbocycles. The van der Waals surface area contributed by atoms with Gasteiger partial charge >= 0.3 is 0 Å². The average molecular weight is 300 g/mol. The molecule has 1 N–H and O–H groups in total. The van der Waals surface area contributed by atoms with E-state index < -0.39 is 0 Å². The van der Waals surface area contributed by atoms with Gasteiger partial charge in [0, 0.05) is 10.5 Å². The zero-order valence-electron chi connectivity index (χ0n) is 10.2. The number of nitrogens with one attached hydrogen (secondary N) is 1. The van der Waals surface area contributed by atoms with Crippen LogP contribution in [0.2, 0.25) is 0 Å². The normalized spacial score (nSPS) is 24.9. The molecule has 0 aliphatic carbocycles. The van der Waals surface area contributed by atoms with Crippen molar-refractivity contribution in [2.75, 3.05) is 6.54 Å². The van der Waals surface area contributed by atoms with Crippen molar-refractivity contribution in [3.8, 4) is 0 Å². The Labute approximate surface area is 111 Å². The lowest BCUT2D eigenvalue weighted by Gasteiger charge is -2.28. The topological polar surface area (TPSA) is 12.0 Å². The molecule has 3 heteroatoms. The van der Waals surface area contributed by atoms with Crippen LogP contribution in [0.1, 0.15) is 31.7 Å². The highest BCUT2D eigenvalue weighted by atomic mass is 79.9. The van der Waals surface area contributed by atoms with Crippen LogP contribution >= 0.6 is 15.9 Å². The van der Waals surface area contributed by atoms with Gasteiger partial charge in [0.25, 0.3) is 0 Å². The molecular formula is C14H19BrFN. The zero-order chi connectivity index (χ0) is 12.3. The van der Waals surface area contributed by atoms with Crippen molar-refractivity contribution >= 4 is 15.9 Å². The van der Waals surface area contributed by atoms with Gasteiger partial charge in [-0.2, -0.15) is 0 Å². The summed E-state index contributed by atoms with van der Waals surface area (Å²) in [6.07, 6.45) is 4.69. The van der Waals surface area contributed by atoms with E-state index in [2.05, 4.69) is 28.2 Å². The highest BCUT2D eigenvalue weighted by Gasteiger charge is 2.18. The molecule has 0 radical (unpaired) electrons. The Bertz CT molecular complexity index is 380. The predicted molar refractivity (Wildman–Crippen MR) is 72.6 cm³/mol. The second kappa shape index (κ2) is 5.96. The summed E-state index contributed by atoms with van der Waals surface area (Å²) in [6.45, 7) is 3.46. The molecule has 94 valence electrons. The lowest BCUT2D eigenvalue weighted by atomic mass is 9.91. The number of hydrogen-bond donors (Lipinski definition) is 1. The summed E-state index contributed by atoms with van der Waals surface area (Å²) in [5.74, 6) is 0.656. The van der Waals surface area contributed by atoms with Crippen LogP contribution in [0.25, 0.3) is 0 Å². The van der Waals surface area contributed by atoms with Crippen molar-refractivity contribution in [3.05, 3.63) is 34.1 Å². The number of hydrogen-bond acceptors (Lipinski definition) is 1. The zero-order valence-corrected chi connectivity index (χ0v) is 11.8. The van der Waals surface area contributed by atoms with Gasteiger partial charge in [-0.3, -0.25) is 0 Å². The van der Waals surface area contributed by atoms with Gasteiger partial charge < -0.3 is 5.32 Å². The lowest BCUT2D eigenvalue weighted by molar-refractivity contribution is 0.308. The van der Waals surface area contributed by atoms with Crippen molar-refractivity contribution in [2.45, 2.75) is 38.6 Å². The summed E-state index contributed by atoms with van der Waals surface area (Å²) in [5.41, 5.74) is 1.20. The van der Waals surface area contributed by atoms with Crippen LogP contribution in [0, 0.1) is 11.7 Å². The minimum absolute atomic E-state index is 0.176. The van der Waals surface area contributed by atoms with E-state index in [1.165, 1.54) is 24.5 Å². The van der Waals surface area contributed by atoms with Gasteiger partial charge in [0.2, 0.25) is 0 Å². The van der Waals surface area contributed by atoms with E-state index in [4.69, 9.17) is 0 Å². The van der Waals surface area contributed by atoms with E-state index in [1.54, 1.807) is 6.07 Å². The van der Waals surface area contributed by atoms with Gasteiger partial charge in [-0.25, -0.2) is 4.39 Å². The third kappa shape index (κ3) is 3.78. The molecule has 1 fully saturated rings. The second-order valence-corrected chi connectivity index (χ2v) is 5.91. The molecule has 1 aromatic rings. The van der Waals surface area contributed by atoms with Crippen molar-refractivity contribution in [1.29, 1.82) is 0 Å². The fourth-order valence-electron chi connectivity index (χ4n) is 2.49. The Kier molecular flexibility index (Phi) is 4.57. The molecule has 1 aliphatic heterocycles. The van der Waals surface area contributed by atoms with Crippen molar-refractivity contribution in [3.63, 3.8) is 0 Å². The standard InChI is InChI=1S/C14H19BrFN/c1-10-6-7-17-13(8-10)5-3-11-2-4-12(16)9-14(11)15/h2,4,9-10,13,17H,3,5-8H2,1H3. The third-order valence-electron chi connectivity index (χ3n) is 3.53. The Morgan fingerprint density at radius 3 is 3.00 bits per heavy atom. The van der Waals surface area contributed by atoms with E-state index in [9.17, 15) is 4.39 Å². The summed E-state index contributed by atoms with van der Waals surface area (Å²) in [7, 11) is 0. The van der Waals surface area contributed by atoms with Crippen LogP contribution in [-0.2, 0) is 6.42 Å². The molecule has 2 unspecified atom stereocenters. The van der Waals surface area contributed by atoms with E-state index in [0.717, 1.165) is 29.8 Å². The smallest absolute Gasteiger partial charge is 0.124 e. The molecule has 2 atom stereocenters. The van der Waals surface area contributed by atoms with E-state index in [0.29, 0.717) is 6.04 Å². The first-order chi connectivity index (χ1) is 8.15. The van der Waals surface area contributed by atoms with Crippen LogP contribution in [0.3, 0.4) is 0 Å². The van der Waals surface area contributed by atoms with Crippen LogP contribution in [0.4, 0.5) is 4.39 Å². The van der Waals surface area contributed by atoms with Gasteiger partial charge in [0.05, 0.1) is 0 Å². The molecule has 0 bridgehead atoms. The molecule has 1 aliphatic rings. The molecule has 17 heavy (non-hydrogen) atoms. The van der Waals surface area contributed by atoms with Gasteiger partial charge in [0.15, 0.2) is 0 Å². The van der Waals surface area contributed by atoms with E-state index in [-0.39, 0.29) is 5.82 Å². The third-order valence-corrected chi connectivity index (χ3v) is 4.27. The molecule has 0 amide bonds. The first-order valence-corrected chi connectivity index (χ1v) is 7.12. The van der Waals surface area contributed by atoms with E-state index in [1.807, 2.05) is 6.07 Å². The van der Waals surface area contributed by atoms with Gasteiger partial charge in [0.1, 0.15) is 5.82 Å². The van der Waals surface area contributed by atoms with Crippen molar-refractivity contribution < 1.29 is 4.39 Å². The van der Waals surface area contributed by atoms with Gasteiger partial charge in [-0.1, -0.05) is 28.9 Å². The first-order valence-electron chi connectivity index (χ1n) is 6.32. The fraction of sp³-hybridized carbons (Fsp3) is 0.571. The molecule has 0 spiro atoms. The maximum Gasteiger partial charge on any atom is 0.124 e. The summed E-state index contributed by atoms with van der Waals surface area (Å²) in [4.78, 5) is 0. The molecule has 1 aromatic carbocycles. The number of piperidine rings is 1. The fourth-order valence-corrected chi connectivity index (χ4v) is 3.04. The lowest BCUT2D eigenvalue weighted by Crippen LogP contribution is -2.37. The Morgan fingerprint density at radius 2 is 2.29 bits per heavy atom. The molecule has 2 rings (SSSR count). The summed E-state index contributed by atoms with van der Waals surface area (Å²) in [6, 6.07) is 5.59. The maximum absolute atomic E-state index is 13.0. The number of aryl methyl sites for hydroxylation is 1. The maximum atomic E-state index is 13.0. The monoisotopic (exact) mass is 299 g/mol. The highest BCUT2D eigenvalue weighted by Crippen LogP contribution is 2.22. The quantitative estimate of drug-likeness (QED) is 0.892. The summed E-state index contributed by atoms with van der Waals surface area (Å²) in [5, 5.41) is 3.56. The second-order valence-electron chi connectivity index (χ2n) is 5.06. The average Bonchev–Trinajstić information content (AvgIpc) is 2.28. The predicted octanol–water partition coefficient (Wildman–Crippen LogP) is 3.91. The minimum atomic E-state index is -0.176. The number of rotatable bonds is 3. The Balaban J connectivity index is 1.88. The van der Waals surface area contributed by atoms with Gasteiger partial charge in [-0.05, 0) is 55.8 Å². The minimum Gasteiger partial charge on any atom is -0.314 e. The molecule has 1 nitrogen and oxygen atoms in total. The van der Waals surface area contributed by atoms with E-state index >= 15 is 0 Å². The summed E-state index contributed by atoms with van der Waals surface area (Å²) >= 11 is 3.42. The summed E-state index contributed by atoms with van der Waals surface area (Å²) < 4.78 is 13.8. The van der Waals surface area contributed by atoms with Crippen LogP contribution in [-0.4, -0.2) is 12.6 Å². The molecule has 1 heterocycles. The molecule has 0 aromatic heterocycles. The van der Waals surface area contributed by atoms with Crippen LogP contribution < -0.4 is 5.32 Å². The van der Waals surface area contributed by atoms with Crippen LogP contribution in [0.15, 0.2) is 22.7 Å². The van der Waals surface area contributed by atoms with Crippen LogP contribution in [0.5, 0.6) is 0 Å². The molecule has 1 saturated heterocycles. The highest BCUT2D eigenvalue weighted by molar-refractivity contribution is 9.10. The Morgan fingerprint density at radius 1 is 1.47 bits per heavy atom. The molecular weight excluding hydrogens is 281 g/mol. The largest absolute Gasteiger partial charge is 0.314 e. The van der Waals surface area contributed by atoms with Crippen molar-refractivity contribution in [1.82, 2.24) is 5.32 Å². The van der Waals surface area contributed by atoms with Crippen molar-refractivity contribution in [2.24, 2.45) is 5.92 Å².